The van der Waals surface area contributed by atoms with E-state index in [1.807, 2.05) is 24.1 Å². The van der Waals surface area contributed by atoms with Gasteiger partial charge in [-0.3, -0.25) is 0 Å². The molecule has 68 valence electrons. The van der Waals surface area contributed by atoms with E-state index >= 15 is 0 Å². The minimum atomic E-state index is -0.0706. The SMILES string of the molecule is CN1CC=Cc2cc(O)c(O)cc21. The van der Waals surface area contributed by atoms with Crippen LogP contribution in [0.3, 0.4) is 0 Å². The summed E-state index contributed by atoms with van der Waals surface area (Å²) in [6.07, 6.45) is 3.95. The molecular weight excluding hydrogens is 166 g/mol. The second kappa shape index (κ2) is 2.69. The molecule has 0 saturated carbocycles. The van der Waals surface area contributed by atoms with Crippen LogP contribution >= 0.6 is 0 Å². The Morgan fingerprint density at radius 1 is 1.23 bits per heavy atom. The first-order valence-electron chi connectivity index (χ1n) is 4.12. The molecule has 0 saturated heterocycles. The van der Waals surface area contributed by atoms with Gasteiger partial charge in [-0.15, -0.1) is 0 Å². The van der Waals surface area contributed by atoms with Crippen molar-refractivity contribution < 1.29 is 10.2 Å². The summed E-state index contributed by atoms with van der Waals surface area (Å²) >= 11 is 0. The maximum absolute atomic E-state index is 9.29. The van der Waals surface area contributed by atoms with E-state index in [0.717, 1.165) is 17.8 Å². The van der Waals surface area contributed by atoms with E-state index in [9.17, 15) is 10.2 Å². The Balaban J connectivity index is 2.60. The van der Waals surface area contributed by atoms with E-state index in [0.29, 0.717) is 0 Å². The van der Waals surface area contributed by atoms with Gasteiger partial charge in [-0.25, -0.2) is 0 Å². The van der Waals surface area contributed by atoms with E-state index in [-0.39, 0.29) is 11.5 Å². The van der Waals surface area contributed by atoms with Crippen LogP contribution in [0.1, 0.15) is 5.56 Å². The number of fused-ring (bicyclic) bond motifs is 1. The summed E-state index contributed by atoms with van der Waals surface area (Å²) in [5, 5.41) is 18.6. The zero-order chi connectivity index (χ0) is 9.42. The fourth-order valence-electron chi connectivity index (χ4n) is 1.48. The Morgan fingerprint density at radius 3 is 2.69 bits per heavy atom. The number of hydrogen-bond acceptors (Lipinski definition) is 3. The van der Waals surface area contributed by atoms with Crippen molar-refractivity contribution in [3.05, 3.63) is 23.8 Å². The molecule has 0 spiro atoms. The topological polar surface area (TPSA) is 43.7 Å². The molecule has 2 N–H and O–H groups in total. The molecule has 3 heteroatoms. The minimum Gasteiger partial charge on any atom is -0.504 e. The van der Waals surface area contributed by atoms with Gasteiger partial charge in [0.2, 0.25) is 0 Å². The number of rotatable bonds is 0. The summed E-state index contributed by atoms with van der Waals surface area (Å²) in [6.45, 7) is 0.831. The van der Waals surface area contributed by atoms with Crippen molar-refractivity contribution >= 4 is 11.8 Å². The van der Waals surface area contributed by atoms with Gasteiger partial charge in [0, 0.05) is 30.9 Å². The first kappa shape index (κ1) is 7.98. The third-order valence-corrected chi connectivity index (χ3v) is 2.21. The van der Waals surface area contributed by atoms with Gasteiger partial charge < -0.3 is 15.1 Å². The van der Waals surface area contributed by atoms with Crippen LogP contribution in [-0.2, 0) is 0 Å². The summed E-state index contributed by atoms with van der Waals surface area (Å²) < 4.78 is 0. The highest BCUT2D eigenvalue weighted by molar-refractivity contribution is 5.74. The molecule has 0 aromatic heterocycles. The van der Waals surface area contributed by atoms with Crippen LogP contribution in [0.4, 0.5) is 5.69 Å². The van der Waals surface area contributed by atoms with Crippen LogP contribution in [0, 0.1) is 0 Å². The van der Waals surface area contributed by atoms with Crippen molar-refractivity contribution in [1.82, 2.24) is 0 Å². The van der Waals surface area contributed by atoms with Gasteiger partial charge >= 0.3 is 0 Å². The number of nitrogens with zero attached hydrogens (tertiary/aromatic N) is 1. The Kier molecular flexibility index (Phi) is 1.65. The monoisotopic (exact) mass is 177 g/mol. The molecular formula is C10H11NO2. The van der Waals surface area contributed by atoms with E-state index < -0.39 is 0 Å². The second-order valence-corrected chi connectivity index (χ2v) is 3.18. The first-order valence-corrected chi connectivity index (χ1v) is 4.12. The Bertz CT molecular complexity index is 371. The maximum Gasteiger partial charge on any atom is 0.159 e. The number of anilines is 1. The number of phenolic OH excluding ortho intramolecular Hbond substituents is 2. The quantitative estimate of drug-likeness (QED) is 0.591. The summed E-state index contributed by atoms with van der Waals surface area (Å²) in [5.41, 5.74) is 1.88. The van der Waals surface area contributed by atoms with Gasteiger partial charge in [-0.05, 0) is 6.07 Å². The van der Waals surface area contributed by atoms with Gasteiger partial charge in [0.25, 0.3) is 0 Å². The van der Waals surface area contributed by atoms with E-state index in [1.165, 1.54) is 0 Å². The highest BCUT2D eigenvalue weighted by Crippen LogP contribution is 2.35. The number of phenols is 2. The van der Waals surface area contributed by atoms with Crippen molar-refractivity contribution in [3.8, 4) is 11.5 Å². The normalized spacial score (nSPS) is 14.4. The van der Waals surface area contributed by atoms with E-state index in [2.05, 4.69) is 0 Å². The van der Waals surface area contributed by atoms with Crippen LogP contribution in [0.2, 0.25) is 0 Å². The number of benzene rings is 1. The fourth-order valence-corrected chi connectivity index (χ4v) is 1.48. The van der Waals surface area contributed by atoms with E-state index in [4.69, 9.17) is 0 Å². The molecule has 2 rings (SSSR count). The number of likely N-dealkylation sites (N-methyl/N-ethyl adjacent to an activating group) is 1. The summed E-state index contributed by atoms with van der Waals surface area (Å²) in [5.74, 6) is -0.139. The Morgan fingerprint density at radius 2 is 1.92 bits per heavy atom. The van der Waals surface area contributed by atoms with Gasteiger partial charge in [-0.2, -0.15) is 0 Å². The van der Waals surface area contributed by atoms with Crippen LogP contribution in [0.15, 0.2) is 18.2 Å². The van der Waals surface area contributed by atoms with Crippen molar-refractivity contribution in [2.75, 3.05) is 18.5 Å². The molecule has 0 atom stereocenters. The van der Waals surface area contributed by atoms with Gasteiger partial charge in [0.05, 0.1) is 0 Å². The van der Waals surface area contributed by atoms with E-state index in [1.54, 1.807) is 12.1 Å². The number of hydrogen-bond donors (Lipinski definition) is 2. The molecule has 1 aromatic carbocycles. The lowest BCUT2D eigenvalue weighted by Crippen LogP contribution is -2.19. The molecule has 0 radical (unpaired) electrons. The lowest BCUT2D eigenvalue weighted by Gasteiger charge is -2.23. The number of aromatic hydroxyl groups is 2. The van der Waals surface area contributed by atoms with Crippen LogP contribution in [0.25, 0.3) is 6.08 Å². The molecule has 0 bridgehead atoms. The Labute approximate surface area is 76.5 Å². The van der Waals surface area contributed by atoms with Gasteiger partial charge in [0.1, 0.15) is 0 Å². The average molecular weight is 177 g/mol. The molecule has 3 nitrogen and oxygen atoms in total. The molecule has 1 aliphatic rings. The zero-order valence-electron chi connectivity index (χ0n) is 7.36. The fraction of sp³-hybridized carbons (Fsp3) is 0.200. The predicted molar refractivity (Wildman–Crippen MR) is 52.1 cm³/mol. The van der Waals surface area contributed by atoms with Crippen molar-refractivity contribution in [1.29, 1.82) is 0 Å². The lowest BCUT2D eigenvalue weighted by atomic mass is 10.1. The molecule has 0 aliphatic carbocycles. The molecule has 1 heterocycles. The molecule has 1 aliphatic heterocycles. The highest BCUT2D eigenvalue weighted by atomic mass is 16.3. The van der Waals surface area contributed by atoms with Crippen molar-refractivity contribution in [3.63, 3.8) is 0 Å². The van der Waals surface area contributed by atoms with Gasteiger partial charge in [0.15, 0.2) is 11.5 Å². The minimum absolute atomic E-state index is 0.0686. The first-order chi connectivity index (χ1) is 6.18. The van der Waals surface area contributed by atoms with Crippen molar-refractivity contribution in [2.24, 2.45) is 0 Å². The summed E-state index contributed by atoms with van der Waals surface area (Å²) in [6, 6.07) is 3.14. The predicted octanol–water partition coefficient (Wildman–Crippen LogP) is 1.56. The average Bonchev–Trinajstić information content (AvgIpc) is 2.09. The molecule has 1 aromatic rings. The maximum atomic E-state index is 9.29. The summed E-state index contributed by atoms with van der Waals surface area (Å²) in [4.78, 5) is 2.01. The summed E-state index contributed by atoms with van der Waals surface area (Å²) in [7, 11) is 1.94. The molecule has 0 amide bonds. The largest absolute Gasteiger partial charge is 0.504 e. The second-order valence-electron chi connectivity index (χ2n) is 3.18. The molecule has 0 unspecified atom stereocenters. The van der Waals surface area contributed by atoms with Crippen LogP contribution in [0.5, 0.6) is 11.5 Å². The lowest BCUT2D eigenvalue weighted by molar-refractivity contribution is 0.403. The highest BCUT2D eigenvalue weighted by Gasteiger charge is 2.12. The van der Waals surface area contributed by atoms with Crippen molar-refractivity contribution in [2.45, 2.75) is 0 Å². The Hall–Kier alpha value is -1.64. The zero-order valence-corrected chi connectivity index (χ0v) is 7.36. The van der Waals surface area contributed by atoms with Crippen LogP contribution in [-0.4, -0.2) is 23.8 Å². The molecule has 0 fully saturated rings. The van der Waals surface area contributed by atoms with Crippen LogP contribution < -0.4 is 4.90 Å². The standard InChI is InChI=1S/C10H11NO2/c1-11-4-2-3-7-5-9(12)10(13)6-8(7)11/h2-3,5-6,12-13H,4H2,1H3. The molecule has 13 heavy (non-hydrogen) atoms. The van der Waals surface area contributed by atoms with Gasteiger partial charge in [-0.1, -0.05) is 12.2 Å². The smallest absolute Gasteiger partial charge is 0.159 e. The third-order valence-electron chi connectivity index (χ3n) is 2.21. The third kappa shape index (κ3) is 1.22.